The number of benzene rings is 1. The first-order valence-corrected chi connectivity index (χ1v) is 12.1. The van der Waals surface area contributed by atoms with Crippen molar-refractivity contribution in [3.8, 4) is 10.4 Å². The molecule has 3 aromatic rings. The van der Waals surface area contributed by atoms with Gasteiger partial charge in [0.05, 0.1) is 42.0 Å². The van der Waals surface area contributed by atoms with Crippen molar-refractivity contribution in [1.29, 1.82) is 0 Å². The van der Waals surface area contributed by atoms with E-state index < -0.39 is 10.9 Å². The molecule has 2 atom stereocenters. The number of aliphatic hydroxyl groups excluding tert-OH is 1. The fraction of sp³-hybridized carbons (Fsp3) is 0.478. The number of imidazole rings is 1. The first kappa shape index (κ1) is 22.8. The number of esters is 1. The van der Waals surface area contributed by atoms with Crippen molar-refractivity contribution >= 4 is 39.0 Å². The number of methoxy groups -OCH3 is 1. The van der Waals surface area contributed by atoms with Gasteiger partial charge in [-0.3, -0.25) is 10.1 Å². The summed E-state index contributed by atoms with van der Waals surface area (Å²) in [5, 5.41) is 22.2. The maximum absolute atomic E-state index is 12.7. The second kappa shape index (κ2) is 9.32. The molecular weight excluding hydrogens is 460 g/mol. The Kier molecular flexibility index (Phi) is 6.24. The molecule has 34 heavy (non-hydrogen) atoms. The Hall–Kier alpha value is -3.02. The van der Waals surface area contributed by atoms with Crippen molar-refractivity contribution in [2.75, 3.05) is 44.9 Å². The van der Waals surface area contributed by atoms with Crippen LogP contribution in [0.5, 0.6) is 0 Å². The van der Waals surface area contributed by atoms with E-state index in [1.807, 2.05) is 23.1 Å². The normalized spacial score (nSPS) is 20.7. The minimum absolute atomic E-state index is 0.0314. The van der Waals surface area contributed by atoms with Crippen LogP contribution in [0.15, 0.2) is 24.5 Å². The van der Waals surface area contributed by atoms with Crippen molar-refractivity contribution in [3.63, 3.8) is 0 Å². The van der Waals surface area contributed by atoms with Crippen molar-refractivity contribution in [3.05, 3.63) is 40.2 Å². The molecule has 2 aromatic heterocycles. The summed E-state index contributed by atoms with van der Waals surface area (Å²) in [6, 6.07) is 5.81. The van der Waals surface area contributed by atoms with Gasteiger partial charge in [-0.1, -0.05) is 6.07 Å². The van der Waals surface area contributed by atoms with E-state index in [0.29, 0.717) is 35.1 Å². The van der Waals surface area contributed by atoms with Gasteiger partial charge in [0.2, 0.25) is 0 Å². The van der Waals surface area contributed by atoms with Gasteiger partial charge in [-0.25, -0.2) is 9.78 Å². The van der Waals surface area contributed by atoms with E-state index in [2.05, 4.69) is 9.55 Å². The molecule has 2 aliphatic rings. The lowest BCUT2D eigenvalue weighted by Gasteiger charge is -2.23. The predicted octanol–water partition coefficient (Wildman–Crippen LogP) is 3.63. The summed E-state index contributed by atoms with van der Waals surface area (Å²) in [6.45, 7) is 2.59. The van der Waals surface area contributed by atoms with E-state index in [1.54, 1.807) is 6.33 Å². The van der Waals surface area contributed by atoms with Crippen LogP contribution in [0.2, 0.25) is 0 Å². The van der Waals surface area contributed by atoms with Gasteiger partial charge in [-0.05, 0) is 31.4 Å². The molecule has 2 unspecified atom stereocenters. The number of ether oxygens (including phenoxy) is 2. The Morgan fingerprint density at radius 2 is 2.26 bits per heavy atom. The van der Waals surface area contributed by atoms with E-state index >= 15 is 0 Å². The van der Waals surface area contributed by atoms with Gasteiger partial charge < -0.3 is 24.0 Å². The van der Waals surface area contributed by atoms with Crippen molar-refractivity contribution in [2.45, 2.75) is 25.3 Å². The van der Waals surface area contributed by atoms with Crippen LogP contribution in [0.1, 0.15) is 35.7 Å². The number of thiophene rings is 1. The smallest absolute Gasteiger partial charge is 0.347 e. The standard InChI is InChI=1S/C23H26N4O6S/c1-32-23(29)19-20(27(30)31)21(34-22(19)25-7-6-14(10-25)11-28)15-4-5-18-17(9-15)24-13-26(18)16-3-2-8-33-12-16/h4-5,9,13-14,16,28H,2-3,6-8,10-12H2,1H3. The molecule has 5 rings (SSSR count). The lowest BCUT2D eigenvalue weighted by Crippen LogP contribution is -2.22. The third-order valence-electron chi connectivity index (χ3n) is 6.63. The summed E-state index contributed by atoms with van der Waals surface area (Å²) < 4.78 is 12.7. The number of carbonyl (C=O) groups excluding carboxylic acids is 1. The molecule has 0 radical (unpaired) electrons. The van der Waals surface area contributed by atoms with E-state index in [4.69, 9.17) is 9.47 Å². The second-order valence-corrected chi connectivity index (χ2v) is 9.72. The number of hydrogen-bond acceptors (Lipinski definition) is 9. The lowest BCUT2D eigenvalue weighted by atomic mass is 10.1. The Morgan fingerprint density at radius 3 is 2.94 bits per heavy atom. The highest BCUT2D eigenvalue weighted by molar-refractivity contribution is 7.20. The molecule has 0 bridgehead atoms. The summed E-state index contributed by atoms with van der Waals surface area (Å²) >= 11 is 1.21. The maximum Gasteiger partial charge on any atom is 0.347 e. The second-order valence-electron chi connectivity index (χ2n) is 8.72. The molecule has 180 valence electrons. The van der Waals surface area contributed by atoms with Crippen LogP contribution in [0.4, 0.5) is 10.7 Å². The number of fused-ring (bicyclic) bond motifs is 1. The minimum Gasteiger partial charge on any atom is -0.465 e. The molecule has 1 N–H and O–H groups in total. The molecular formula is C23H26N4O6S. The number of aliphatic hydroxyl groups is 1. The maximum atomic E-state index is 12.7. The van der Waals surface area contributed by atoms with Crippen LogP contribution in [0, 0.1) is 16.0 Å². The van der Waals surface area contributed by atoms with Crippen molar-refractivity contribution in [1.82, 2.24) is 9.55 Å². The number of anilines is 1. The summed E-state index contributed by atoms with van der Waals surface area (Å²) in [6.07, 6.45) is 4.56. The molecule has 0 saturated carbocycles. The predicted molar refractivity (Wildman–Crippen MR) is 128 cm³/mol. The van der Waals surface area contributed by atoms with E-state index in [9.17, 15) is 20.0 Å². The van der Waals surface area contributed by atoms with Crippen molar-refractivity contribution < 1.29 is 24.3 Å². The number of nitrogens with zero attached hydrogens (tertiary/aromatic N) is 4. The van der Waals surface area contributed by atoms with Crippen molar-refractivity contribution in [2.24, 2.45) is 5.92 Å². The van der Waals surface area contributed by atoms with Gasteiger partial charge >= 0.3 is 11.7 Å². The summed E-state index contributed by atoms with van der Waals surface area (Å²) in [5.74, 6) is -0.668. The van der Waals surface area contributed by atoms with Crippen LogP contribution in [0.25, 0.3) is 21.5 Å². The average molecular weight is 487 g/mol. The highest BCUT2D eigenvalue weighted by atomic mass is 32.1. The molecule has 10 nitrogen and oxygen atoms in total. The molecule has 2 aliphatic heterocycles. The van der Waals surface area contributed by atoms with Gasteiger partial charge in [0, 0.05) is 37.8 Å². The third kappa shape index (κ3) is 3.93. The topological polar surface area (TPSA) is 120 Å². The highest BCUT2D eigenvalue weighted by Gasteiger charge is 2.37. The van der Waals surface area contributed by atoms with Crippen LogP contribution >= 0.6 is 11.3 Å². The Morgan fingerprint density at radius 1 is 1.41 bits per heavy atom. The molecule has 2 fully saturated rings. The Balaban J connectivity index is 1.60. The van der Waals surface area contributed by atoms with Gasteiger partial charge in [0.25, 0.3) is 0 Å². The number of carbonyl (C=O) groups is 1. The largest absolute Gasteiger partial charge is 0.465 e. The lowest BCUT2D eigenvalue weighted by molar-refractivity contribution is -0.384. The number of hydrogen-bond donors (Lipinski definition) is 1. The van der Waals surface area contributed by atoms with E-state index in [0.717, 1.165) is 36.9 Å². The van der Waals surface area contributed by atoms with Gasteiger partial charge in [-0.15, -0.1) is 11.3 Å². The summed E-state index contributed by atoms with van der Waals surface area (Å²) in [4.78, 5) is 31.2. The van der Waals surface area contributed by atoms with Crippen LogP contribution in [-0.4, -0.2) is 65.6 Å². The minimum atomic E-state index is -0.737. The van der Waals surface area contributed by atoms with E-state index in [1.165, 1.54) is 18.4 Å². The first-order valence-electron chi connectivity index (χ1n) is 11.3. The summed E-state index contributed by atoms with van der Waals surface area (Å²) in [5.41, 5.74) is 2.02. The summed E-state index contributed by atoms with van der Waals surface area (Å²) in [7, 11) is 1.22. The number of nitro groups is 1. The highest BCUT2D eigenvalue weighted by Crippen LogP contribution is 2.48. The zero-order valence-corrected chi connectivity index (χ0v) is 19.6. The third-order valence-corrected chi connectivity index (χ3v) is 7.92. The molecule has 4 heterocycles. The van der Waals surface area contributed by atoms with Gasteiger partial charge in [0.15, 0.2) is 5.56 Å². The van der Waals surface area contributed by atoms with Gasteiger partial charge in [0.1, 0.15) is 9.88 Å². The SMILES string of the molecule is COC(=O)c1c(N2CCC(CO)C2)sc(-c2ccc3c(c2)ncn3C2CCCOC2)c1[N+](=O)[O-]. The number of rotatable bonds is 6. The molecule has 2 saturated heterocycles. The monoisotopic (exact) mass is 486 g/mol. The average Bonchev–Trinajstić information content (AvgIpc) is 3.59. The first-order chi connectivity index (χ1) is 16.5. The fourth-order valence-corrected chi connectivity index (χ4v) is 6.15. The fourth-order valence-electron chi connectivity index (χ4n) is 4.86. The Bertz CT molecular complexity index is 1230. The molecule has 1 aromatic carbocycles. The van der Waals surface area contributed by atoms with E-state index in [-0.39, 0.29) is 29.8 Å². The molecule has 0 amide bonds. The molecule has 0 spiro atoms. The zero-order chi connectivity index (χ0) is 23.8. The van der Waals surface area contributed by atoms with Crippen LogP contribution in [-0.2, 0) is 9.47 Å². The van der Waals surface area contributed by atoms with Crippen LogP contribution < -0.4 is 4.90 Å². The quantitative estimate of drug-likeness (QED) is 0.319. The molecule has 0 aliphatic carbocycles. The Labute approximate surface area is 199 Å². The van der Waals surface area contributed by atoms with Gasteiger partial charge in [-0.2, -0.15) is 0 Å². The number of aromatic nitrogens is 2. The zero-order valence-electron chi connectivity index (χ0n) is 18.8. The van der Waals surface area contributed by atoms with Crippen LogP contribution in [0.3, 0.4) is 0 Å². The molecule has 11 heteroatoms.